The molecule has 0 spiro atoms. The Morgan fingerprint density at radius 2 is 0.707 bits per heavy atom. The largest absolute Gasteiger partial charge is 0.478 e. The second kappa shape index (κ2) is 51.7. The molecule has 472 valence electrons. The molecule has 82 heavy (non-hydrogen) atoms. The van der Waals surface area contributed by atoms with Crippen LogP contribution < -0.4 is 5.48 Å². The number of imide groups is 1. The second-order valence-corrected chi connectivity index (χ2v) is 22.2. The van der Waals surface area contributed by atoms with E-state index in [-0.39, 0.29) is 45.1 Å². The molecule has 0 saturated carbocycles. The molecular weight excluding hydrogens is 1050 g/mol. The Hall–Kier alpha value is -4.87. The number of ether oxygens (including phenoxy) is 5. The van der Waals surface area contributed by atoms with E-state index in [2.05, 4.69) is 33.2 Å². The Morgan fingerprint density at radius 3 is 1.05 bits per heavy atom. The number of carbonyl (C=O) groups is 9. The molecule has 0 aliphatic carbocycles. The van der Waals surface area contributed by atoms with Gasteiger partial charge in [0.15, 0.2) is 12.2 Å². The van der Waals surface area contributed by atoms with Crippen LogP contribution in [-0.4, -0.2) is 108 Å². The Morgan fingerprint density at radius 1 is 0.402 bits per heavy atom. The number of rotatable bonds is 57. The number of amides is 3. The predicted molar refractivity (Wildman–Crippen MR) is 315 cm³/mol. The van der Waals surface area contributed by atoms with Crippen molar-refractivity contribution < 1.29 is 76.8 Å². The molecule has 1 aliphatic rings. The van der Waals surface area contributed by atoms with Crippen molar-refractivity contribution in [3.63, 3.8) is 0 Å². The molecule has 1 aliphatic heterocycles. The van der Waals surface area contributed by atoms with Crippen molar-refractivity contribution in [2.24, 2.45) is 0 Å². The number of hydroxylamine groups is 1. The molecule has 0 radical (unpaired) electrons. The third-order valence-corrected chi connectivity index (χ3v) is 14.7. The lowest BCUT2D eigenvalue weighted by Crippen LogP contribution is -2.56. The third-order valence-electron chi connectivity index (χ3n) is 14.7. The summed E-state index contributed by atoms with van der Waals surface area (Å²) >= 11 is 0. The van der Waals surface area contributed by atoms with Gasteiger partial charge < -0.3 is 28.8 Å². The summed E-state index contributed by atoms with van der Waals surface area (Å²) in [6, 6.07) is 0. The van der Waals surface area contributed by atoms with E-state index in [9.17, 15) is 48.3 Å². The highest BCUT2D eigenvalue weighted by atomic mass is 16.7. The van der Waals surface area contributed by atoms with Gasteiger partial charge >= 0.3 is 35.8 Å². The van der Waals surface area contributed by atoms with Crippen LogP contribution in [-0.2, 0) is 71.7 Å². The SMILES string of the molecule is CCCCCCCCCCCC(=O)O[C@H]([C@H](OC(=O)CCCCCCCCCCC)[C@H](OC(=O)CCCCCCCCCCC)C(=O)OCCONC(=O)CCCN1C(=O)C=CC1=O)[C@@H](OC(=O)CCCCCCCCCCC)C(=O)O. The number of aliphatic carboxylic acids is 1. The zero-order valence-corrected chi connectivity index (χ0v) is 51.3. The van der Waals surface area contributed by atoms with Crippen LogP contribution in [0.1, 0.15) is 297 Å². The molecule has 18 heteroatoms. The van der Waals surface area contributed by atoms with Gasteiger partial charge in [-0.2, -0.15) is 0 Å². The maximum Gasteiger partial charge on any atom is 0.351 e. The van der Waals surface area contributed by atoms with Gasteiger partial charge in [0.1, 0.15) is 13.2 Å². The summed E-state index contributed by atoms with van der Waals surface area (Å²) in [5.74, 6) is -8.22. The van der Waals surface area contributed by atoms with Gasteiger partial charge in [-0.3, -0.25) is 43.3 Å². The number of carboxylic acids is 1. The molecule has 0 fully saturated rings. The van der Waals surface area contributed by atoms with Gasteiger partial charge in [-0.05, 0) is 32.1 Å². The van der Waals surface area contributed by atoms with E-state index < -0.39 is 91.2 Å². The molecule has 0 bridgehead atoms. The monoisotopic (exact) mass is 1160 g/mol. The van der Waals surface area contributed by atoms with Crippen molar-refractivity contribution in [2.45, 2.75) is 322 Å². The topological polar surface area (TPSA) is 245 Å². The molecule has 4 atom stereocenters. The fourth-order valence-corrected chi connectivity index (χ4v) is 9.75. The van der Waals surface area contributed by atoms with Gasteiger partial charge in [0, 0.05) is 50.8 Å². The first kappa shape index (κ1) is 75.1. The van der Waals surface area contributed by atoms with Gasteiger partial charge in [-0.15, -0.1) is 0 Å². The summed E-state index contributed by atoms with van der Waals surface area (Å²) in [5, 5.41) is 10.9. The molecule has 3 amide bonds. The van der Waals surface area contributed by atoms with Crippen LogP contribution in [0.3, 0.4) is 0 Å². The van der Waals surface area contributed by atoms with Gasteiger partial charge in [0.05, 0.1) is 0 Å². The van der Waals surface area contributed by atoms with Crippen LogP contribution in [0.2, 0.25) is 0 Å². The minimum atomic E-state index is -2.31. The van der Waals surface area contributed by atoms with Crippen molar-refractivity contribution >= 4 is 53.5 Å². The van der Waals surface area contributed by atoms with E-state index in [1.807, 2.05) is 0 Å². The van der Waals surface area contributed by atoms with E-state index in [0.717, 1.165) is 165 Å². The van der Waals surface area contributed by atoms with Crippen molar-refractivity contribution in [1.29, 1.82) is 0 Å². The van der Waals surface area contributed by atoms with Gasteiger partial charge in [0.25, 0.3) is 11.8 Å². The summed E-state index contributed by atoms with van der Waals surface area (Å²) in [6.07, 6.45) is 27.0. The molecular formula is C64H110N2O16. The highest BCUT2D eigenvalue weighted by molar-refractivity contribution is 6.12. The van der Waals surface area contributed by atoms with E-state index in [1.54, 1.807) is 0 Å². The Bertz CT molecular complexity index is 1770. The first-order valence-electron chi connectivity index (χ1n) is 32.4. The minimum absolute atomic E-state index is 0.0106. The van der Waals surface area contributed by atoms with E-state index in [0.29, 0.717) is 51.4 Å². The van der Waals surface area contributed by atoms with E-state index in [4.69, 9.17) is 28.5 Å². The average Bonchev–Trinajstić information content (AvgIpc) is 3.84. The summed E-state index contributed by atoms with van der Waals surface area (Å²) in [4.78, 5) is 126. The third kappa shape index (κ3) is 39.6. The molecule has 1 heterocycles. The molecule has 18 nitrogen and oxygen atoms in total. The number of carboxylic acid groups (broad SMARTS) is 1. The lowest BCUT2D eigenvalue weighted by Gasteiger charge is -2.34. The summed E-state index contributed by atoms with van der Waals surface area (Å²) < 4.78 is 29.0. The molecule has 0 unspecified atom stereocenters. The zero-order chi connectivity index (χ0) is 60.3. The summed E-state index contributed by atoms with van der Waals surface area (Å²) in [6.45, 7) is 7.65. The normalized spacial score (nSPS) is 13.6. The highest BCUT2D eigenvalue weighted by Crippen LogP contribution is 2.25. The maximum atomic E-state index is 14.4. The van der Waals surface area contributed by atoms with Crippen LogP contribution in [0.15, 0.2) is 12.2 Å². The number of unbranched alkanes of at least 4 members (excludes halogenated alkanes) is 32. The zero-order valence-electron chi connectivity index (χ0n) is 51.3. The molecule has 0 aromatic carbocycles. The minimum Gasteiger partial charge on any atom is -0.478 e. The van der Waals surface area contributed by atoms with Gasteiger partial charge in [-0.1, -0.05) is 233 Å². The van der Waals surface area contributed by atoms with Crippen LogP contribution >= 0.6 is 0 Å². The number of hydrogen-bond acceptors (Lipinski definition) is 15. The van der Waals surface area contributed by atoms with E-state index >= 15 is 0 Å². The fraction of sp³-hybridized carbons (Fsp3) is 0.828. The number of hydrogen-bond donors (Lipinski definition) is 2. The average molecular weight is 1160 g/mol. The van der Waals surface area contributed by atoms with Gasteiger partial charge in [0.2, 0.25) is 18.1 Å². The van der Waals surface area contributed by atoms with Crippen molar-refractivity contribution in [3.8, 4) is 0 Å². The Labute approximate surface area is 492 Å². The molecule has 0 aromatic heterocycles. The molecule has 1 rings (SSSR count). The molecule has 2 N–H and O–H groups in total. The predicted octanol–water partition coefficient (Wildman–Crippen LogP) is 13.7. The van der Waals surface area contributed by atoms with Crippen LogP contribution in [0.5, 0.6) is 0 Å². The standard InChI is InChI=1S/C64H110N2O16/c1-5-9-13-17-21-25-29-33-37-43-55(70)79-59(61(63(74)75)81-57(72)45-39-35-31-27-23-19-15-11-7-3)60(80-56(71)44-38-34-30-26-22-18-14-10-6-2)62(82-58(73)46-40-36-32-28-24-20-16-12-8-4)64(76)77-50-51-78-65-52(67)42-41-49-66-53(68)47-48-54(66)69/h47-48,59-62H,5-46,49-51H2,1-4H3,(H,65,67)(H,74,75)/t59-,60+,61-,62+/m1/s1. The maximum absolute atomic E-state index is 14.4. The lowest BCUT2D eigenvalue weighted by molar-refractivity contribution is -0.210. The van der Waals surface area contributed by atoms with Crippen LogP contribution in [0.25, 0.3) is 0 Å². The smallest absolute Gasteiger partial charge is 0.351 e. The van der Waals surface area contributed by atoms with Crippen molar-refractivity contribution in [3.05, 3.63) is 12.2 Å². The highest BCUT2D eigenvalue weighted by Gasteiger charge is 2.50. The number of carbonyl (C=O) groups excluding carboxylic acids is 8. The summed E-state index contributed by atoms with van der Waals surface area (Å²) in [5.41, 5.74) is 2.20. The molecule has 0 aromatic rings. The number of esters is 5. The first-order valence-corrected chi connectivity index (χ1v) is 32.4. The Kier molecular flexibility index (Phi) is 47.4. The van der Waals surface area contributed by atoms with Crippen molar-refractivity contribution in [2.75, 3.05) is 19.8 Å². The van der Waals surface area contributed by atoms with Crippen molar-refractivity contribution in [1.82, 2.24) is 10.4 Å². The molecule has 0 saturated heterocycles. The first-order chi connectivity index (χ1) is 39.8. The number of nitrogens with one attached hydrogen (secondary N) is 1. The van der Waals surface area contributed by atoms with E-state index in [1.165, 1.54) is 32.1 Å². The lowest BCUT2D eigenvalue weighted by atomic mass is 10.0. The Balaban J connectivity index is 3.57. The van der Waals surface area contributed by atoms with Crippen LogP contribution in [0, 0.1) is 0 Å². The number of nitrogens with zero attached hydrogens (tertiary/aromatic N) is 1. The van der Waals surface area contributed by atoms with Crippen LogP contribution in [0.4, 0.5) is 0 Å². The second-order valence-electron chi connectivity index (χ2n) is 22.2. The summed E-state index contributed by atoms with van der Waals surface area (Å²) in [7, 11) is 0. The fourth-order valence-electron chi connectivity index (χ4n) is 9.75. The van der Waals surface area contributed by atoms with Gasteiger partial charge in [-0.25, -0.2) is 15.1 Å². The quantitative estimate of drug-likeness (QED) is 0.0189.